The highest BCUT2D eigenvalue weighted by Gasteiger charge is 2.22. The van der Waals surface area contributed by atoms with Crippen molar-refractivity contribution in [2.45, 2.75) is 469 Å². The van der Waals surface area contributed by atoms with E-state index >= 15 is 0 Å². The Morgan fingerprint density at radius 3 is 0.787 bits per heavy atom. The summed E-state index contributed by atoms with van der Waals surface area (Å²) in [5.41, 5.74) is 0. The standard InChI is InChI=1S/C84H166NO8P/c1-6-8-10-12-14-16-18-20-22-24-26-28-30-32-34-36-38-40-41-42-43-45-47-49-51-53-55-57-59-61-63-65-67-69-71-73-75-77-84(87)93-82(81-92-94(88,89)91-79-78-85(3,4)5)80-90-83(86)76-74-72-70-68-66-64-62-60-58-56-54-52-50-48-46-44-39-37-35-33-31-29-27-25-23-21-19-17-15-13-11-9-7-2/h24,26,82H,6-23,25,27-81H2,1-5H3/b26-24-. The van der Waals surface area contributed by atoms with Gasteiger partial charge in [-0.3, -0.25) is 14.2 Å². The number of nitrogens with zero attached hydrogens (tertiary/aromatic N) is 1. The molecule has 0 aromatic heterocycles. The summed E-state index contributed by atoms with van der Waals surface area (Å²) in [5, 5.41) is 0. The summed E-state index contributed by atoms with van der Waals surface area (Å²) in [4.78, 5) is 38.2. The Hall–Kier alpha value is -1.25. The number of carbonyl (C=O) groups is 2. The summed E-state index contributed by atoms with van der Waals surface area (Å²) in [6.45, 7) is 4.34. The number of phosphoric ester groups is 1. The lowest BCUT2D eigenvalue weighted by molar-refractivity contribution is -0.870. The molecule has 0 aliphatic heterocycles. The van der Waals surface area contributed by atoms with E-state index in [1.165, 1.54) is 398 Å². The summed E-state index contributed by atoms with van der Waals surface area (Å²) in [6.07, 6.45) is 96.6. The lowest BCUT2D eigenvalue weighted by Crippen LogP contribution is -2.37. The predicted molar refractivity (Wildman–Crippen MR) is 407 cm³/mol. The van der Waals surface area contributed by atoms with Gasteiger partial charge in [0, 0.05) is 12.8 Å². The number of likely N-dealkylation sites (N-methyl/N-ethyl adjacent to an activating group) is 1. The van der Waals surface area contributed by atoms with E-state index in [2.05, 4.69) is 26.0 Å². The molecule has 0 fully saturated rings. The smallest absolute Gasteiger partial charge is 0.306 e. The number of quaternary nitrogens is 1. The molecule has 0 saturated heterocycles. The van der Waals surface area contributed by atoms with Gasteiger partial charge in [-0.25, -0.2) is 0 Å². The number of hydrogen-bond acceptors (Lipinski definition) is 8. The Morgan fingerprint density at radius 1 is 0.319 bits per heavy atom. The van der Waals surface area contributed by atoms with E-state index in [4.69, 9.17) is 18.5 Å². The lowest BCUT2D eigenvalue weighted by atomic mass is 10.0. The Balaban J connectivity index is 3.86. The average molecular weight is 1350 g/mol. The van der Waals surface area contributed by atoms with Gasteiger partial charge >= 0.3 is 11.9 Å². The normalized spacial score (nSPS) is 13.0. The summed E-state index contributed by atoms with van der Waals surface area (Å²) in [6, 6.07) is 0. The number of esters is 2. The number of phosphoric acid groups is 1. The second kappa shape index (κ2) is 75.9. The highest BCUT2D eigenvalue weighted by molar-refractivity contribution is 7.45. The van der Waals surface area contributed by atoms with Crippen LogP contribution < -0.4 is 4.89 Å². The van der Waals surface area contributed by atoms with E-state index in [1.807, 2.05) is 21.1 Å². The van der Waals surface area contributed by atoms with Gasteiger partial charge in [0.25, 0.3) is 7.82 Å². The Bertz CT molecular complexity index is 1590. The van der Waals surface area contributed by atoms with Crippen molar-refractivity contribution in [2.75, 3.05) is 47.5 Å². The third kappa shape index (κ3) is 79.7. The van der Waals surface area contributed by atoms with Crippen molar-refractivity contribution in [3.05, 3.63) is 12.2 Å². The molecule has 94 heavy (non-hydrogen) atoms. The zero-order chi connectivity index (χ0) is 68.3. The van der Waals surface area contributed by atoms with Gasteiger partial charge in [0.05, 0.1) is 27.7 Å². The fourth-order valence-electron chi connectivity index (χ4n) is 13.3. The Labute approximate surface area is 587 Å². The van der Waals surface area contributed by atoms with Gasteiger partial charge in [-0.15, -0.1) is 0 Å². The van der Waals surface area contributed by atoms with E-state index in [1.54, 1.807) is 0 Å². The maximum Gasteiger partial charge on any atom is 0.306 e. The average Bonchev–Trinajstić information content (AvgIpc) is 1.56. The molecule has 0 heterocycles. The van der Waals surface area contributed by atoms with E-state index < -0.39 is 26.5 Å². The summed E-state index contributed by atoms with van der Waals surface area (Å²) >= 11 is 0. The fraction of sp³-hybridized carbons (Fsp3) is 0.952. The molecule has 560 valence electrons. The van der Waals surface area contributed by atoms with Crippen LogP contribution in [0.15, 0.2) is 12.2 Å². The molecule has 0 aliphatic rings. The zero-order valence-electron chi connectivity index (χ0n) is 64.2. The van der Waals surface area contributed by atoms with Gasteiger partial charge in [0.2, 0.25) is 0 Å². The number of allylic oxidation sites excluding steroid dienone is 2. The van der Waals surface area contributed by atoms with Gasteiger partial charge in [-0.1, -0.05) is 424 Å². The van der Waals surface area contributed by atoms with Crippen LogP contribution in [0.5, 0.6) is 0 Å². The summed E-state index contributed by atoms with van der Waals surface area (Å²) < 4.78 is 34.5. The van der Waals surface area contributed by atoms with Gasteiger partial charge in [-0.05, 0) is 38.5 Å². The Morgan fingerprint density at radius 2 is 0.543 bits per heavy atom. The molecule has 0 radical (unpaired) electrons. The molecule has 0 rings (SSSR count). The van der Waals surface area contributed by atoms with Crippen molar-refractivity contribution >= 4 is 19.8 Å². The molecule has 2 atom stereocenters. The van der Waals surface area contributed by atoms with Crippen LogP contribution in [0, 0.1) is 0 Å². The quantitative estimate of drug-likeness (QED) is 0.0195. The molecule has 0 amide bonds. The minimum absolute atomic E-state index is 0.0253. The van der Waals surface area contributed by atoms with Crippen LogP contribution in [0.25, 0.3) is 0 Å². The van der Waals surface area contributed by atoms with Crippen LogP contribution in [-0.4, -0.2) is 70.0 Å². The van der Waals surface area contributed by atoms with Crippen molar-refractivity contribution < 1.29 is 42.1 Å². The molecule has 10 heteroatoms. The maximum absolute atomic E-state index is 12.9. The van der Waals surface area contributed by atoms with Crippen molar-refractivity contribution in [1.29, 1.82) is 0 Å². The molecular weight excluding hydrogens is 1180 g/mol. The van der Waals surface area contributed by atoms with Gasteiger partial charge < -0.3 is 27.9 Å². The predicted octanol–water partition coefficient (Wildman–Crippen LogP) is 27.6. The van der Waals surface area contributed by atoms with Crippen molar-refractivity contribution in [1.82, 2.24) is 0 Å². The first-order valence-corrected chi connectivity index (χ1v) is 43.9. The second-order valence-corrected chi connectivity index (χ2v) is 32.0. The number of hydrogen-bond donors (Lipinski definition) is 0. The van der Waals surface area contributed by atoms with E-state index in [9.17, 15) is 19.0 Å². The molecule has 0 saturated carbocycles. The monoisotopic (exact) mass is 1350 g/mol. The second-order valence-electron chi connectivity index (χ2n) is 30.6. The number of rotatable bonds is 81. The number of unbranched alkanes of at least 4 members (excludes halogenated alkanes) is 65. The van der Waals surface area contributed by atoms with Crippen LogP contribution in [0.1, 0.15) is 463 Å². The first kappa shape index (κ1) is 92.8. The first-order valence-electron chi connectivity index (χ1n) is 42.4. The Kier molecular flexibility index (Phi) is 74.9. The van der Waals surface area contributed by atoms with Crippen LogP contribution in [0.2, 0.25) is 0 Å². The molecular formula is C84H166NO8P. The maximum atomic E-state index is 12.9. The van der Waals surface area contributed by atoms with E-state index in [0.717, 1.165) is 32.1 Å². The highest BCUT2D eigenvalue weighted by Crippen LogP contribution is 2.38. The van der Waals surface area contributed by atoms with Crippen molar-refractivity contribution in [3.8, 4) is 0 Å². The summed E-state index contributed by atoms with van der Waals surface area (Å²) in [7, 11) is 1.20. The number of carbonyl (C=O) groups excluding carboxylic acids is 2. The highest BCUT2D eigenvalue weighted by atomic mass is 31.2. The molecule has 9 nitrogen and oxygen atoms in total. The minimum Gasteiger partial charge on any atom is -0.756 e. The van der Waals surface area contributed by atoms with Crippen molar-refractivity contribution in [2.24, 2.45) is 0 Å². The molecule has 0 N–H and O–H groups in total. The molecule has 0 spiro atoms. The molecule has 0 aromatic carbocycles. The van der Waals surface area contributed by atoms with Crippen molar-refractivity contribution in [3.63, 3.8) is 0 Å². The third-order valence-electron chi connectivity index (χ3n) is 19.8. The molecule has 0 aromatic rings. The van der Waals surface area contributed by atoms with E-state index in [0.29, 0.717) is 17.4 Å². The molecule has 2 unspecified atom stereocenters. The first-order chi connectivity index (χ1) is 46.0. The van der Waals surface area contributed by atoms with Crippen LogP contribution in [-0.2, 0) is 32.7 Å². The van der Waals surface area contributed by atoms with Gasteiger partial charge in [-0.2, -0.15) is 0 Å². The van der Waals surface area contributed by atoms with Gasteiger partial charge in [0.15, 0.2) is 6.10 Å². The molecule has 0 bridgehead atoms. The van der Waals surface area contributed by atoms with Crippen LogP contribution in [0.3, 0.4) is 0 Å². The van der Waals surface area contributed by atoms with Gasteiger partial charge in [0.1, 0.15) is 19.8 Å². The van der Waals surface area contributed by atoms with Crippen LogP contribution >= 0.6 is 7.82 Å². The minimum atomic E-state index is -4.64. The lowest BCUT2D eigenvalue weighted by Gasteiger charge is -2.28. The zero-order valence-corrected chi connectivity index (χ0v) is 65.1. The fourth-order valence-corrected chi connectivity index (χ4v) is 14.0. The number of ether oxygens (including phenoxy) is 2. The summed E-state index contributed by atoms with van der Waals surface area (Å²) in [5.74, 6) is -0.801. The van der Waals surface area contributed by atoms with Crippen LogP contribution in [0.4, 0.5) is 0 Å². The largest absolute Gasteiger partial charge is 0.756 e. The third-order valence-corrected chi connectivity index (χ3v) is 20.7. The van der Waals surface area contributed by atoms with E-state index in [-0.39, 0.29) is 32.0 Å². The SMILES string of the molecule is CCCCCCCCCC/C=C\CCCCCCCCCCCCCCCCCCCCCCCCCCCC(=O)OC(COC(=O)CCCCCCCCCCCCCCCCCCCCCCCCCCCCCCCCCCC)COP(=O)([O-])OCC[N+](C)(C)C. The topological polar surface area (TPSA) is 111 Å². The molecule has 0 aliphatic carbocycles.